The molecule has 0 saturated carbocycles. The molecule has 80 valence electrons. The minimum absolute atomic E-state index is 0.187. The average molecular weight is 189 g/mol. The largest absolute Gasteiger partial charge is 0.453 e. The molecule has 0 aliphatic rings. The Hall–Kier alpha value is -0.730. The van der Waals surface area contributed by atoms with E-state index in [2.05, 4.69) is 23.9 Å². The van der Waals surface area contributed by atoms with Gasteiger partial charge in [-0.15, -0.1) is 0 Å². The van der Waals surface area contributed by atoms with Crippen LogP contribution < -0.4 is 5.32 Å². The first kappa shape index (κ1) is 14.8. The first-order chi connectivity index (χ1) is 6.11. The third-order valence-corrected chi connectivity index (χ3v) is 2.03. The molecule has 3 heteroatoms. The van der Waals surface area contributed by atoms with Crippen molar-refractivity contribution in [1.82, 2.24) is 5.32 Å². The molecule has 2 unspecified atom stereocenters. The summed E-state index contributed by atoms with van der Waals surface area (Å²) >= 11 is 0. The highest BCUT2D eigenvalue weighted by atomic mass is 16.5. The zero-order chi connectivity index (χ0) is 10.9. The Bertz CT molecular complexity index is 126. The van der Waals surface area contributed by atoms with Crippen LogP contribution in [-0.2, 0) is 4.74 Å². The summed E-state index contributed by atoms with van der Waals surface area (Å²) in [6.07, 6.45) is 0.711. The molecule has 0 rings (SSSR count). The number of nitrogens with one attached hydrogen (secondary N) is 1. The van der Waals surface area contributed by atoms with E-state index < -0.39 is 0 Å². The maximum atomic E-state index is 10.7. The highest BCUT2D eigenvalue weighted by Gasteiger charge is 2.12. The van der Waals surface area contributed by atoms with Crippen LogP contribution in [0.1, 0.15) is 41.0 Å². The minimum atomic E-state index is -0.349. The van der Waals surface area contributed by atoms with Crippen LogP contribution in [0.5, 0.6) is 0 Å². The molecule has 0 radical (unpaired) electrons. The fourth-order valence-corrected chi connectivity index (χ4v) is 0.741. The molecule has 3 nitrogen and oxygen atoms in total. The molecule has 0 fully saturated rings. The van der Waals surface area contributed by atoms with Crippen molar-refractivity contribution in [2.45, 2.75) is 47.1 Å². The van der Waals surface area contributed by atoms with Gasteiger partial charge in [0.05, 0.1) is 7.11 Å². The van der Waals surface area contributed by atoms with Gasteiger partial charge in [-0.1, -0.05) is 34.1 Å². The Morgan fingerprint density at radius 2 is 1.85 bits per heavy atom. The second-order valence-electron chi connectivity index (χ2n) is 2.81. The van der Waals surface area contributed by atoms with E-state index in [0.29, 0.717) is 5.92 Å². The molecule has 1 amide bonds. The third-order valence-electron chi connectivity index (χ3n) is 2.03. The van der Waals surface area contributed by atoms with Crippen molar-refractivity contribution in [3.63, 3.8) is 0 Å². The summed E-state index contributed by atoms with van der Waals surface area (Å²) in [6, 6.07) is 0.187. The van der Waals surface area contributed by atoms with Gasteiger partial charge in [-0.05, 0) is 12.8 Å². The molecule has 1 N–H and O–H groups in total. The Morgan fingerprint density at radius 3 is 2.15 bits per heavy atom. The third kappa shape index (κ3) is 7.62. The van der Waals surface area contributed by atoms with Crippen molar-refractivity contribution in [2.75, 3.05) is 7.11 Å². The summed E-state index contributed by atoms with van der Waals surface area (Å²) in [5, 5.41) is 2.72. The fraction of sp³-hybridized carbons (Fsp3) is 0.900. The van der Waals surface area contributed by atoms with Crippen LogP contribution in [0.4, 0.5) is 4.79 Å². The van der Waals surface area contributed by atoms with Gasteiger partial charge in [0.25, 0.3) is 0 Å². The maximum Gasteiger partial charge on any atom is 0.407 e. The Kier molecular flexibility index (Phi) is 10.6. The van der Waals surface area contributed by atoms with Crippen molar-refractivity contribution in [3.8, 4) is 0 Å². The normalized spacial score (nSPS) is 13.4. The lowest BCUT2D eigenvalue weighted by molar-refractivity contribution is 0.163. The first-order valence-corrected chi connectivity index (χ1v) is 4.96. The summed E-state index contributed by atoms with van der Waals surface area (Å²) in [7, 11) is 1.37. The van der Waals surface area contributed by atoms with Crippen molar-refractivity contribution < 1.29 is 9.53 Å². The predicted molar refractivity (Wildman–Crippen MR) is 55.8 cm³/mol. The minimum Gasteiger partial charge on any atom is -0.453 e. The number of alkyl carbamates (subject to hydrolysis) is 1. The van der Waals surface area contributed by atoms with E-state index in [1.807, 2.05) is 20.8 Å². The number of hydrogen-bond donors (Lipinski definition) is 1. The molecule has 0 saturated heterocycles. The van der Waals surface area contributed by atoms with Gasteiger partial charge in [0.2, 0.25) is 0 Å². The number of carbonyl (C=O) groups excluding carboxylic acids is 1. The van der Waals surface area contributed by atoms with Crippen LogP contribution in [0.2, 0.25) is 0 Å². The molecule has 0 aliphatic carbocycles. The number of hydrogen-bond acceptors (Lipinski definition) is 2. The van der Waals surface area contributed by atoms with Gasteiger partial charge in [-0.2, -0.15) is 0 Å². The zero-order valence-electron chi connectivity index (χ0n) is 9.68. The second kappa shape index (κ2) is 9.36. The molecule has 0 aromatic heterocycles. The van der Waals surface area contributed by atoms with E-state index >= 15 is 0 Å². The number of methoxy groups -OCH3 is 1. The van der Waals surface area contributed by atoms with Crippen LogP contribution in [0.15, 0.2) is 0 Å². The smallest absolute Gasteiger partial charge is 0.407 e. The predicted octanol–water partition coefficient (Wildman–Crippen LogP) is 2.80. The molecule has 13 heavy (non-hydrogen) atoms. The van der Waals surface area contributed by atoms with E-state index in [9.17, 15) is 4.79 Å². The summed E-state index contributed by atoms with van der Waals surface area (Å²) in [5.74, 6) is 0.495. The van der Waals surface area contributed by atoms with Gasteiger partial charge in [0.1, 0.15) is 0 Å². The molecule has 0 aromatic rings. The topological polar surface area (TPSA) is 38.3 Å². The van der Waals surface area contributed by atoms with E-state index in [1.165, 1.54) is 7.11 Å². The molecular weight excluding hydrogens is 166 g/mol. The van der Waals surface area contributed by atoms with Crippen LogP contribution in [0, 0.1) is 5.92 Å². The second-order valence-corrected chi connectivity index (χ2v) is 2.81. The van der Waals surface area contributed by atoms with Crippen LogP contribution in [0.3, 0.4) is 0 Å². The Balaban J connectivity index is 0. The van der Waals surface area contributed by atoms with Gasteiger partial charge < -0.3 is 10.1 Å². The van der Waals surface area contributed by atoms with Crippen LogP contribution >= 0.6 is 0 Å². The first-order valence-electron chi connectivity index (χ1n) is 4.96. The Labute approximate surface area is 81.9 Å². The molecule has 0 aromatic carbocycles. The van der Waals surface area contributed by atoms with Gasteiger partial charge in [0, 0.05) is 6.04 Å². The SMILES string of the molecule is CC.CCC(C)C(C)NC(=O)OC. The van der Waals surface area contributed by atoms with Crippen LogP contribution in [0.25, 0.3) is 0 Å². The molecule has 0 heterocycles. The molecule has 2 atom stereocenters. The van der Waals surface area contributed by atoms with Gasteiger partial charge >= 0.3 is 6.09 Å². The van der Waals surface area contributed by atoms with Crippen LogP contribution in [-0.4, -0.2) is 19.2 Å². The standard InChI is InChI=1S/C8H17NO2.C2H6/c1-5-6(2)7(3)9-8(10)11-4;1-2/h6-7H,5H2,1-4H3,(H,9,10);1-2H3. The highest BCUT2D eigenvalue weighted by Crippen LogP contribution is 2.06. The van der Waals surface area contributed by atoms with Crippen molar-refractivity contribution in [1.29, 1.82) is 0 Å². The van der Waals surface area contributed by atoms with Crippen molar-refractivity contribution in [3.05, 3.63) is 0 Å². The quantitative estimate of drug-likeness (QED) is 0.741. The summed E-state index contributed by atoms with van der Waals surface area (Å²) < 4.78 is 4.47. The van der Waals surface area contributed by atoms with E-state index in [0.717, 1.165) is 6.42 Å². The number of amides is 1. The van der Waals surface area contributed by atoms with Crippen molar-refractivity contribution >= 4 is 6.09 Å². The molecular formula is C10H23NO2. The van der Waals surface area contributed by atoms with Gasteiger partial charge in [-0.25, -0.2) is 4.79 Å². The van der Waals surface area contributed by atoms with Gasteiger partial charge in [-0.3, -0.25) is 0 Å². The molecule has 0 bridgehead atoms. The highest BCUT2D eigenvalue weighted by molar-refractivity contribution is 5.67. The maximum absolute atomic E-state index is 10.7. The zero-order valence-corrected chi connectivity index (χ0v) is 9.68. The average Bonchev–Trinajstić information content (AvgIpc) is 2.19. The summed E-state index contributed by atoms with van der Waals surface area (Å²) in [5.41, 5.74) is 0. The number of ether oxygens (including phenoxy) is 1. The molecule has 0 spiro atoms. The fourth-order valence-electron chi connectivity index (χ4n) is 0.741. The monoisotopic (exact) mass is 189 g/mol. The van der Waals surface area contributed by atoms with E-state index in [4.69, 9.17) is 0 Å². The lowest BCUT2D eigenvalue weighted by Gasteiger charge is -2.18. The number of rotatable bonds is 3. The van der Waals surface area contributed by atoms with Gasteiger partial charge in [0.15, 0.2) is 0 Å². The molecule has 0 aliphatic heterocycles. The summed E-state index contributed by atoms with van der Waals surface area (Å²) in [6.45, 7) is 10.2. The van der Waals surface area contributed by atoms with Crippen molar-refractivity contribution in [2.24, 2.45) is 5.92 Å². The lowest BCUT2D eigenvalue weighted by Crippen LogP contribution is -2.36. The van der Waals surface area contributed by atoms with E-state index in [1.54, 1.807) is 0 Å². The van der Waals surface area contributed by atoms with E-state index in [-0.39, 0.29) is 12.1 Å². The number of carbonyl (C=O) groups is 1. The summed E-state index contributed by atoms with van der Waals surface area (Å²) in [4.78, 5) is 10.7. The Morgan fingerprint density at radius 1 is 1.38 bits per heavy atom. The lowest BCUT2D eigenvalue weighted by atomic mass is 10.0.